The molecule has 11 heteroatoms. The molecule has 2 aromatic heterocycles. The maximum atomic E-state index is 13.1. The smallest absolute Gasteiger partial charge is 0.273 e. The van der Waals surface area contributed by atoms with Crippen LogP contribution in [0.25, 0.3) is 0 Å². The quantitative estimate of drug-likeness (QED) is 0.541. The van der Waals surface area contributed by atoms with E-state index in [2.05, 4.69) is 20.8 Å². The number of nitrogens with one attached hydrogen (secondary N) is 2. The van der Waals surface area contributed by atoms with E-state index in [1.54, 1.807) is 25.3 Å². The van der Waals surface area contributed by atoms with Gasteiger partial charge in [0.25, 0.3) is 5.91 Å². The van der Waals surface area contributed by atoms with Crippen molar-refractivity contribution in [3.05, 3.63) is 35.9 Å². The number of methoxy groups -OCH3 is 1. The highest BCUT2D eigenvalue weighted by molar-refractivity contribution is 7.89. The van der Waals surface area contributed by atoms with Gasteiger partial charge >= 0.3 is 0 Å². The van der Waals surface area contributed by atoms with E-state index in [0.717, 1.165) is 18.6 Å². The Kier molecular flexibility index (Phi) is 6.77. The van der Waals surface area contributed by atoms with Crippen molar-refractivity contribution >= 4 is 21.7 Å². The molecule has 32 heavy (non-hydrogen) atoms. The van der Waals surface area contributed by atoms with Crippen LogP contribution in [0.1, 0.15) is 54.8 Å². The predicted octanol–water partition coefficient (Wildman–Crippen LogP) is 1.98. The third kappa shape index (κ3) is 5.11. The molecule has 1 amide bonds. The lowest BCUT2D eigenvalue weighted by Gasteiger charge is -2.36. The first-order valence-electron chi connectivity index (χ1n) is 10.9. The Morgan fingerprint density at radius 1 is 1.31 bits per heavy atom. The molecule has 0 radical (unpaired) electrons. The van der Waals surface area contributed by atoms with Crippen molar-refractivity contribution < 1.29 is 22.5 Å². The van der Waals surface area contributed by atoms with Crippen LogP contribution in [0.15, 0.2) is 33.8 Å². The van der Waals surface area contributed by atoms with Gasteiger partial charge in [-0.05, 0) is 44.7 Å². The summed E-state index contributed by atoms with van der Waals surface area (Å²) in [5.41, 5.74) is 0.278. The molecule has 0 aromatic carbocycles. The maximum Gasteiger partial charge on any atom is 0.273 e. The second-order valence-corrected chi connectivity index (χ2v) is 10.2. The number of sulfonamides is 1. The number of nitrogens with zero attached hydrogens (tertiary/aromatic N) is 3. The molecule has 2 aliphatic rings. The first kappa shape index (κ1) is 22.7. The molecule has 1 saturated heterocycles. The molecule has 4 rings (SSSR count). The second-order valence-electron chi connectivity index (χ2n) is 8.35. The second kappa shape index (κ2) is 9.55. The number of amides is 1. The molecule has 1 saturated carbocycles. The standard InChI is InChI=1S/C21H29N5O5S/c1-14-11-16(24-21(27)18-12-19(31-25-18)15-3-4-15)7-9-26(14)32(28,29)17-5-6-20(23-13-17)22-8-10-30-2/h5-6,12-16H,3-4,7-11H2,1-2H3,(H,22,23)(H,24,27)/t14-,16-/m0/s1. The highest BCUT2D eigenvalue weighted by Gasteiger charge is 2.36. The van der Waals surface area contributed by atoms with Gasteiger partial charge in [-0.25, -0.2) is 13.4 Å². The van der Waals surface area contributed by atoms with E-state index in [4.69, 9.17) is 9.26 Å². The summed E-state index contributed by atoms with van der Waals surface area (Å²) in [5.74, 6) is 1.46. The van der Waals surface area contributed by atoms with E-state index in [1.165, 1.54) is 10.5 Å². The van der Waals surface area contributed by atoms with E-state index >= 15 is 0 Å². The zero-order valence-electron chi connectivity index (χ0n) is 18.3. The van der Waals surface area contributed by atoms with Gasteiger partial charge in [-0.15, -0.1) is 0 Å². The topological polar surface area (TPSA) is 127 Å². The van der Waals surface area contributed by atoms with Crippen molar-refractivity contribution in [1.82, 2.24) is 19.8 Å². The van der Waals surface area contributed by atoms with Crippen LogP contribution in [0.4, 0.5) is 5.82 Å². The van der Waals surface area contributed by atoms with E-state index in [9.17, 15) is 13.2 Å². The number of carbonyl (C=O) groups is 1. The zero-order valence-corrected chi connectivity index (χ0v) is 19.1. The largest absolute Gasteiger partial charge is 0.383 e. The van der Waals surface area contributed by atoms with Crippen molar-refractivity contribution in [3.63, 3.8) is 0 Å². The summed E-state index contributed by atoms with van der Waals surface area (Å²) >= 11 is 0. The normalized spacial score (nSPS) is 21.9. The molecular weight excluding hydrogens is 434 g/mol. The van der Waals surface area contributed by atoms with E-state index in [-0.39, 0.29) is 28.6 Å². The number of carbonyl (C=O) groups excluding carboxylic acids is 1. The van der Waals surface area contributed by atoms with Crippen LogP contribution in [0, 0.1) is 0 Å². The molecule has 0 bridgehead atoms. The van der Waals surface area contributed by atoms with Crippen LogP contribution >= 0.6 is 0 Å². The summed E-state index contributed by atoms with van der Waals surface area (Å²) in [6, 6.07) is 4.51. The number of ether oxygens (including phenoxy) is 1. The summed E-state index contributed by atoms with van der Waals surface area (Å²) in [6.07, 6.45) is 4.55. The van der Waals surface area contributed by atoms with Crippen LogP contribution in [-0.2, 0) is 14.8 Å². The average molecular weight is 464 g/mol. The number of piperidine rings is 1. The zero-order chi connectivity index (χ0) is 22.7. The monoisotopic (exact) mass is 463 g/mol. The molecule has 0 unspecified atom stereocenters. The van der Waals surface area contributed by atoms with Gasteiger partial charge in [0.1, 0.15) is 16.5 Å². The fourth-order valence-electron chi connectivity index (χ4n) is 3.91. The third-order valence-corrected chi connectivity index (χ3v) is 7.84. The Balaban J connectivity index is 1.34. The minimum atomic E-state index is -3.68. The first-order valence-corrected chi connectivity index (χ1v) is 12.3. The van der Waals surface area contributed by atoms with Gasteiger partial charge in [-0.2, -0.15) is 4.31 Å². The maximum absolute atomic E-state index is 13.1. The minimum Gasteiger partial charge on any atom is -0.383 e. The lowest BCUT2D eigenvalue weighted by molar-refractivity contribution is 0.0905. The van der Waals surface area contributed by atoms with Crippen molar-refractivity contribution in [2.75, 3.05) is 32.1 Å². The van der Waals surface area contributed by atoms with E-state index in [1.807, 2.05) is 6.92 Å². The van der Waals surface area contributed by atoms with Crippen LogP contribution in [-0.4, -0.2) is 67.7 Å². The summed E-state index contributed by atoms with van der Waals surface area (Å²) in [4.78, 5) is 16.9. The average Bonchev–Trinajstić information content (AvgIpc) is 3.50. The molecule has 2 aromatic rings. The summed E-state index contributed by atoms with van der Waals surface area (Å²) < 4.78 is 38.0. The summed E-state index contributed by atoms with van der Waals surface area (Å²) in [5, 5.41) is 9.91. The van der Waals surface area contributed by atoms with Crippen LogP contribution in [0.2, 0.25) is 0 Å². The van der Waals surface area contributed by atoms with Crippen molar-refractivity contribution in [2.24, 2.45) is 0 Å². The lowest BCUT2D eigenvalue weighted by atomic mass is 10.0. The fraction of sp³-hybridized carbons (Fsp3) is 0.571. The molecule has 2 fully saturated rings. The molecule has 0 spiro atoms. The van der Waals surface area contributed by atoms with Gasteiger partial charge in [-0.3, -0.25) is 4.79 Å². The molecule has 2 atom stereocenters. The van der Waals surface area contributed by atoms with Gasteiger partial charge < -0.3 is 19.9 Å². The molecule has 2 N–H and O–H groups in total. The van der Waals surface area contributed by atoms with Crippen molar-refractivity contribution in [1.29, 1.82) is 0 Å². The Morgan fingerprint density at radius 2 is 2.12 bits per heavy atom. The lowest BCUT2D eigenvalue weighted by Crippen LogP contribution is -2.50. The molecule has 174 valence electrons. The van der Waals surface area contributed by atoms with Crippen molar-refractivity contribution in [2.45, 2.75) is 55.5 Å². The number of rotatable bonds is 9. The van der Waals surface area contributed by atoms with Gasteiger partial charge in [0.2, 0.25) is 10.0 Å². The summed E-state index contributed by atoms with van der Waals surface area (Å²) in [7, 11) is -2.07. The van der Waals surface area contributed by atoms with Crippen LogP contribution in [0.3, 0.4) is 0 Å². The van der Waals surface area contributed by atoms with E-state index < -0.39 is 10.0 Å². The fourth-order valence-corrected chi connectivity index (χ4v) is 5.51. The number of hydrogen-bond donors (Lipinski definition) is 2. The highest BCUT2D eigenvalue weighted by atomic mass is 32.2. The van der Waals surface area contributed by atoms with Gasteiger partial charge in [-0.1, -0.05) is 5.16 Å². The van der Waals surface area contributed by atoms with Crippen molar-refractivity contribution in [3.8, 4) is 0 Å². The molecular formula is C21H29N5O5S. The first-order chi connectivity index (χ1) is 15.4. The molecule has 10 nitrogen and oxygen atoms in total. The molecule has 1 aliphatic carbocycles. The number of pyridine rings is 1. The Hall–Kier alpha value is -2.50. The number of aromatic nitrogens is 2. The Bertz CT molecular complexity index is 1040. The molecule has 1 aliphatic heterocycles. The van der Waals surface area contributed by atoms with Crippen LogP contribution in [0.5, 0.6) is 0 Å². The predicted molar refractivity (Wildman–Crippen MR) is 117 cm³/mol. The Labute approximate surface area is 187 Å². The molecule has 3 heterocycles. The highest BCUT2D eigenvalue weighted by Crippen LogP contribution is 2.40. The number of anilines is 1. The van der Waals surface area contributed by atoms with E-state index in [0.29, 0.717) is 44.3 Å². The SMILES string of the molecule is COCCNc1ccc(S(=O)(=O)N2CC[C@H](NC(=O)c3cc(C4CC4)on3)C[C@@H]2C)cn1. The van der Waals surface area contributed by atoms with Gasteiger partial charge in [0.05, 0.1) is 6.61 Å². The minimum absolute atomic E-state index is 0.129. The third-order valence-electron chi connectivity index (χ3n) is 5.85. The number of hydrogen-bond acceptors (Lipinski definition) is 8. The summed E-state index contributed by atoms with van der Waals surface area (Å²) in [6.45, 7) is 3.28. The van der Waals surface area contributed by atoms with Gasteiger partial charge in [0.15, 0.2) is 5.69 Å². The van der Waals surface area contributed by atoms with Gasteiger partial charge in [0, 0.05) is 50.5 Å². The Morgan fingerprint density at radius 3 is 2.78 bits per heavy atom. The van der Waals surface area contributed by atoms with Crippen LogP contribution < -0.4 is 10.6 Å².